The maximum Gasteiger partial charge on any atom is 0.521 e. The van der Waals surface area contributed by atoms with E-state index in [1.165, 1.54) is 13.0 Å². The lowest BCUT2D eigenvalue weighted by molar-refractivity contribution is -0.787. The van der Waals surface area contributed by atoms with Crippen molar-refractivity contribution >= 4 is 18.0 Å². The summed E-state index contributed by atoms with van der Waals surface area (Å²) < 4.78 is 12.5. The molecule has 1 aromatic heterocycles. The molecule has 21 heavy (non-hydrogen) atoms. The zero-order valence-electron chi connectivity index (χ0n) is 11.2. The second-order valence-electron chi connectivity index (χ2n) is 5.10. The number of aromatic nitrogens is 1. The van der Waals surface area contributed by atoms with E-state index in [2.05, 4.69) is 4.98 Å². The number of carbonyl (C=O) groups excluding carboxylic acids is 1. The Morgan fingerprint density at radius 2 is 2.05 bits per heavy atom. The third-order valence-corrected chi connectivity index (χ3v) is 3.93. The summed E-state index contributed by atoms with van der Waals surface area (Å²) in [6.45, 7) is 1.07. The molecule has 0 radical (unpaired) electrons. The van der Waals surface area contributed by atoms with E-state index in [1.54, 1.807) is 0 Å². The summed E-state index contributed by atoms with van der Waals surface area (Å²) >= 11 is 0. The average molecular weight is 297 g/mol. The number of aliphatic carboxylic acids is 1. The first-order chi connectivity index (χ1) is 9.80. The minimum absolute atomic E-state index is 0.0370. The van der Waals surface area contributed by atoms with E-state index in [4.69, 9.17) is 5.11 Å². The van der Waals surface area contributed by atoms with Crippen molar-refractivity contribution in [1.82, 2.24) is 4.98 Å². The molecule has 2 amide bonds. The maximum absolute atomic E-state index is 13.7. The van der Waals surface area contributed by atoms with Crippen LogP contribution in [-0.4, -0.2) is 50.2 Å². The molecular formula is C13H14FN2O5+. The zero-order valence-corrected chi connectivity index (χ0v) is 11.2. The molecular weight excluding hydrogens is 283 g/mol. The Kier molecular flexibility index (Phi) is 3.73. The quantitative estimate of drug-likeness (QED) is 0.630. The average Bonchev–Trinajstić information content (AvgIpc) is 2.77. The van der Waals surface area contributed by atoms with Crippen LogP contribution in [0.1, 0.15) is 23.7 Å². The molecule has 1 aliphatic rings. The minimum Gasteiger partial charge on any atom is -0.481 e. The molecule has 2 N–H and O–H groups in total. The summed E-state index contributed by atoms with van der Waals surface area (Å²) in [6.07, 6.45) is -0.306. The van der Waals surface area contributed by atoms with Crippen LogP contribution >= 0.6 is 0 Å². The fraction of sp³-hybridized carbons (Fsp3) is 0.385. The van der Waals surface area contributed by atoms with Crippen LogP contribution < -0.4 is 0 Å². The molecule has 0 bridgehead atoms. The summed E-state index contributed by atoms with van der Waals surface area (Å²) in [5.74, 6) is -4.17. The van der Waals surface area contributed by atoms with Crippen molar-refractivity contribution < 1.29 is 33.5 Å². The van der Waals surface area contributed by atoms with Crippen molar-refractivity contribution in [3.05, 3.63) is 29.8 Å². The summed E-state index contributed by atoms with van der Waals surface area (Å²) in [7, 11) is 0. The third kappa shape index (κ3) is 2.27. The third-order valence-electron chi connectivity index (χ3n) is 3.93. The van der Waals surface area contributed by atoms with Crippen molar-refractivity contribution in [3.63, 3.8) is 0 Å². The SMILES string of the molecule is C[C@@H]1CC(C(=O)O)C[N+]1(C(=O)O)C(=O)c1cccnc1F. The van der Waals surface area contributed by atoms with E-state index in [-0.39, 0.29) is 6.42 Å². The number of likely N-dealkylation sites (tertiary alicyclic amines) is 1. The van der Waals surface area contributed by atoms with Crippen molar-refractivity contribution in [2.45, 2.75) is 19.4 Å². The number of imide groups is 1. The van der Waals surface area contributed by atoms with Gasteiger partial charge in [-0.15, -0.1) is 0 Å². The lowest BCUT2D eigenvalue weighted by Crippen LogP contribution is -2.59. The van der Waals surface area contributed by atoms with Crippen LogP contribution in [0.15, 0.2) is 18.3 Å². The fourth-order valence-corrected chi connectivity index (χ4v) is 2.77. The first kappa shape index (κ1) is 15.0. The molecule has 0 aliphatic carbocycles. The Hall–Kier alpha value is -2.35. The number of carboxylic acid groups (broad SMARTS) is 2. The number of carboxylic acids is 1. The summed E-state index contributed by atoms with van der Waals surface area (Å²) in [5.41, 5.74) is -0.446. The smallest absolute Gasteiger partial charge is 0.481 e. The first-order valence-corrected chi connectivity index (χ1v) is 6.30. The maximum atomic E-state index is 13.7. The minimum atomic E-state index is -1.49. The topological polar surface area (TPSA) is 105 Å². The van der Waals surface area contributed by atoms with Crippen LogP contribution in [-0.2, 0) is 4.79 Å². The zero-order chi connectivity index (χ0) is 15.8. The van der Waals surface area contributed by atoms with E-state index >= 15 is 0 Å². The van der Waals surface area contributed by atoms with E-state index < -0.39 is 52.5 Å². The molecule has 0 saturated carbocycles. The lowest BCUT2D eigenvalue weighted by Gasteiger charge is -2.29. The highest BCUT2D eigenvalue weighted by atomic mass is 19.1. The van der Waals surface area contributed by atoms with Gasteiger partial charge in [0.15, 0.2) is 0 Å². The van der Waals surface area contributed by atoms with Crippen LogP contribution in [0.3, 0.4) is 0 Å². The van der Waals surface area contributed by atoms with E-state index in [0.717, 1.165) is 12.3 Å². The van der Waals surface area contributed by atoms with E-state index in [0.29, 0.717) is 0 Å². The van der Waals surface area contributed by atoms with Crippen LogP contribution in [0.25, 0.3) is 0 Å². The van der Waals surface area contributed by atoms with Gasteiger partial charge in [-0.2, -0.15) is 13.7 Å². The highest BCUT2D eigenvalue weighted by molar-refractivity contribution is 5.95. The summed E-state index contributed by atoms with van der Waals surface area (Å²) in [4.78, 5) is 38.6. The molecule has 0 aromatic carbocycles. The van der Waals surface area contributed by atoms with E-state index in [9.17, 15) is 23.9 Å². The molecule has 8 heteroatoms. The molecule has 2 heterocycles. The van der Waals surface area contributed by atoms with Gasteiger partial charge in [0.25, 0.3) is 0 Å². The molecule has 1 fully saturated rings. The van der Waals surface area contributed by atoms with Crippen molar-refractivity contribution in [3.8, 4) is 0 Å². The fourth-order valence-electron chi connectivity index (χ4n) is 2.77. The normalized spacial score (nSPS) is 28.3. The number of amides is 2. The van der Waals surface area contributed by atoms with Gasteiger partial charge < -0.3 is 10.2 Å². The van der Waals surface area contributed by atoms with Crippen LogP contribution in [0.4, 0.5) is 9.18 Å². The lowest BCUT2D eigenvalue weighted by atomic mass is 10.1. The highest BCUT2D eigenvalue weighted by Gasteiger charge is 2.59. The van der Waals surface area contributed by atoms with Gasteiger partial charge >= 0.3 is 18.0 Å². The van der Waals surface area contributed by atoms with Gasteiger partial charge in [0.1, 0.15) is 24.1 Å². The predicted molar refractivity (Wildman–Crippen MR) is 66.9 cm³/mol. The standard InChI is InChI=1S/C13H13FN2O5/c1-7-5-8(12(18)19)6-16(7,13(20)21)11(17)9-3-2-4-15-10(9)14/h2-4,7-8H,5-6H2,1H3,(H-,18,19,20,21)/p+1/t7-,8?,16?/m1/s1. The largest absolute Gasteiger partial charge is 0.521 e. The van der Waals surface area contributed by atoms with Crippen molar-refractivity contribution in [2.75, 3.05) is 6.54 Å². The van der Waals surface area contributed by atoms with Gasteiger partial charge in [-0.05, 0) is 19.1 Å². The Balaban J connectivity index is 2.50. The van der Waals surface area contributed by atoms with Gasteiger partial charge in [-0.1, -0.05) is 0 Å². The van der Waals surface area contributed by atoms with Gasteiger partial charge in [0, 0.05) is 12.6 Å². The Morgan fingerprint density at radius 1 is 1.38 bits per heavy atom. The molecule has 0 spiro atoms. The van der Waals surface area contributed by atoms with Gasteiger partial charge in [-0.25, -0.2) is 9.78 Å². The van der Waals surface area contributed by atoms with Crippen LogP contribution in [0.2, 0.25) is 0 Å². The van der Waals surface area contributed by atoms with E-state index in [1.807, 2.05) is 0 Å². The molecule has 2 rings (SSSR count). The highest BCUT2D eigenvalue weighted by Crippen LogP contribution is 2.34. The number of nitrogens with zero attached hydrogens (tertiary/aromatic N) is 2. The number of rotatable bonds is 2. The Bertz CT molecular complexity index is 620. The number of quaternary nitrogens is 1. The number of pyridine rings is 1. The second-order valence-corrected chi connectivity index (χ2v) is 5.10. The number of halogens is 1. The Labute approximate surface area is 119 Å². The molecule has 2 unspecified atom stereocenters. The molecule has 1 aliphatic heterocycles. The van der Waals surface area contributed by atoms with Crippen LogP contribution in [0.5, 0.6) is 0 Å². The molecule has 7 nitrogen and oxygen atoms in total. The summed E-state index contributed by atoms with van der Waals surface area (Å²) in [6, 6.07) is 1.70. The molecule has 1 aromatic rings. The van der Waals surface area contributed by atoms with Gasteiger partial charge in [0.2, 0.25) is 5.95 Å². The number of hydrogen-bond donors (Lipinski definition) is 2. The van der Waals surface area contributed by atoms with Gasteiger partial charge in [-0.3, -0.25) is 4.79 Å². The second kappa shape index (κ2) is 5.21. The molecule has 1 saturated heterocycles. The first-order valence-electron chi connectivity index (χ1n) is 6.30. The molecule has 112 valence electrons. The van der Waals surface area contributed by atoms with Crippen LogP contribution in [0, 0.1) is 11.9 Å². The number of carbonyl (C=O) groups is 3. The summed E-state index contributed by atoms with van der Waals surface area (Å²) in [5, 5.41) is 18.5. The number of hydrogen-bond acceptors (Lipinski definition) is 4. The molecule has 3 atom stereocenters. The monoisotopic (exact) mass is 297 g/mol. The van der Waals surface area contributed by atoms with Crippen molar-refractivity contribution in [2.24, 2.45) is 5.92 Å². The van der Waals surface area contributed by atoms with Crippen molar-refractivity contribution in [1.29, 1.82) is 0 Å². The van der Waals surface area contributed by atoms with Gasteiger partial charge in [0.05, 0.1) is 0 Å². The Morgan fingerprint density at radius 3 is 2.52 bits per heavy atom. The predicted octanol–water partition coefficient (Wildman–Crippen LogP) is 1.35.